The van der Waals surface area contributed by atoms with Gasteiger partial charge in [-0.05, 0) is 6.54 Å². The van der Waals surface area contributed by atoms with Crippen molar-refractivity contribution in [2.24, 2.45) is 5.92 Å². The normalized spacial score (nSPS) is 22.7. The summed E-state index contributed by atoms with van der Waals surface area (Å²) in [6.07, 6.45) is 0. The smallest absolute Gasteiger partial charge is 0.310 e. The topological polar surface area (TPSA) is 103 Å². The number of nitriles is 1. The van der Waals surface area contributed by atoms with Crippen molar-refractivity contribution in [2.45, 2.75) is 13.0 Å². The predicted molar refractivity (Wildman–Crippen MR) is 61.6 cm³/mol. The number of nitrogens with zero attached hydrogens (tertiary/aromatic N) is 2. The molecule has 100 valence electrons. The van der Waals surface area contributed by atoms with Gasteiger partial charge in [-0.2, -0.15) is 5.26 Å². The third kappa shape index (κ3) is 3.68. The summed E-state index contributed by atoms with van der Waals surface area (Å²) in [6, 6.07) is 1.53. The Morgan fingerprint density at radius 1 is 1.56 bits per heavy atom. The van der Waals surface area contributed by atoms with E-state index in [9.17, 15) is 9.59 Å². The van der Waals surface area contributed by atoms with Crippen LogP contribution in [0, 0.1) is 17.2 Å². The summed E-state index contributed by atoms with van der Waals surface area (Å²) in [5, 5.41) is 19.8. The SMILES string of the molecule is CCN(CC(=O)NCC#N)C1COCC1C(=O)O. The van der Waals surface area contributed by atoms with E-state index in [1.54, 1.807) is 4.90 Å². The Bertz CT molecular complexity index is 353. The van der Waals surface area contributed by atoms with Crippen LogP contribution in [0.5, 0.6) is 0 Å². The zero-order valence-corrected chi connectivity index (χ0v) is 10.3. The van der Waals surface area contributed by atoms with Crippen LogP contribution >= 0.6 is 0 Å². The van der Waals surface area contributed by atoms with Gasteiger partial charge in [0.05, 0.1) is 31.7 Å². The number of rotatable bonds is 6. The minimum absolute atomic E-state index is 0.0418. The molecule has 0 aromatic heterocycles. The molecule has 0 saturated carbocycles. The van der Waals surface area contributed by atoms with Crippen LogP contribution in [-0.4, -0.2) is 60.8 Å². The first-order valence-electron chi connectivity index (χ1n) is 5.78. The standard InChI is InChI=1S/C11H17N3O4/c1-2-14(5-10(15)13-4-3-12)9-7-18-6-8(9)11(16)17/h8-9H,2,4-7H2,1H3,(H,13,15)(H,16,17). The lowest BCUT2D eigenvalue weighted by Gasteiger charge is -2.28. The quantitative estimate of drug-likeness (QED) is 0.593. The van der Waals surface area contributed by atoms with E-state index in [2.05, 4.69) is 5.32 Å². The fourth-order valence-electron chi connectivity index (χ4n) is 1.98. The summed E-state index contributed by atoms with van der Waals surface area (Å²) in [5.41, 5.74) is 0. The molecule has 0 aromatic carbocycles. The lowest BCUT2D eigenvalue weighted by molar-refractivity contribution is -0.143. The molecule has 18 heavy (non-hydrogen) atoms. The van der Waals surface area contributed by atoms with E-state index in [4.69, 9.17) is 15.1 Å². The van der Waals surface area contributed by atoms with Crippen molar-refractivity contribution in [1.82, 2.24) is 10.2 Å². The molecule has 0 aromatic rings. The molecule has 0 spiro atoms. The number of likely N-dealkylation sites (N-methyl/N-ethyl adjacent to an activating group) is 1. The van der Waals surface area contributed by atoms with Crippen LogP contribution in [0.3, 0.4) is 0 Å². The molecule has 7 heteroatoms. The van der Waals surface area contributed by atoms with Crippen molar-refractivity contribution in [3.05, 3.63) is 0 Å². The van der Waals surface area contributed by atoms with Gasteiger partial charge in [0.1, 0.15) is 6.54 Å². The summed E-state index contributed by atoms with van der Waals surface area (Å²) in [7, 11) is 0. The number of ether oxygens (including phenoxy) is 1. The van der Waals surface area contributed by atoms with Gasteiger partial charge in [-0.25, -0.2) is 0 Å². The number of nitrogens with one attached hydrogen (secondary N) is 1. The molecular formula is C11H17N3O4. The second-order valence-electron chi connectivity index (χ2n) is 4.05. The number of carboxylic acid groups (broad SMARTS) is 1. The Kier molecular flexibility index (Phi) is 5.55. The van der Waals surface area contributed by atoms with Gasteiger partial charge in [0.15, 0.2) is 0 Å². The van der Waals surface area contributed by atoms with Gasteiger partial charge in [-0.3, -0.25) is 14.5 Å². The highest BCUT2D eigenvalue weighted by Gasteiger charge is 2.37. The van der Waals surface area contributed by atoms with Crippen molar-refractivity contribution in [2.75, 3.05) is 32.8 Å². The number of aliphatic carboxylic acids is 1. The van der Waals surface area contributed by atoms with Gasteiger partial charge >= 0.3 is 5.97 Å². The first kappa shape index (κ1) is 14.4. The fraction of sp³-hybridized carbons (Fsp3) is 0.727. The molecule has 1 amide bonds. The summed E-state index contributed by atoms with van der Waals surface area (Å²) < 4.78 is 5.17. The number of hydrogen-bond donors (Lipinski definition) is 2. The summed E-state index contributed by atoms with van der Waals surface area (Å²) in [5.74, 6) is -1.79. The zero-order valence-electron chi connectivity index (χ0n) is 10.3. The van der Waals surface area contributed by atoms with E-state index in [0.717, 1.165) is 0 Å². The maximum absolute atomic E-state index is 11.5. The van der Waals surface area contributed by atoms with Crippen LogP contribution in [0.4, 0.5) is 0 Å². The fourth-order valence-corrected chi connectivity index (χ4v) is 1.98. The molecule has 2 atom stereocenters. The number of carbonyl (C=O) groups is 2. The van der Waals surface area contributed by atoms with E-state index >= 15 is 0 Å². The molecular weight excluding hydrogens is 238 g/mol. The molecule has 1 rings (SSSR count). The molecule has 1 aliphatic rings. The average molecular weight is 255 g/mol. The van der Waals surface area contributed by atoms with Crippen molar-refractivity contribution in [1.29, 1.82) is 5.26 Å². The van der Waals surface area contributed by atoms with E-state index in [0.29, 0.717) is 13.2 Å². The van der Waals surface area contributed by atoms with Crippen LogP contribution in [0.1, 0.15) is 6.92 Å². The molecule has 0 radical (unpaired) electrons. The van der Waals surface area contributed by atoms with Crippen molar-refractivity contribution >= 4 is 11.9 Å². The van der Waals surface area contributed by atoms with Crippen molar-refractivity contribution < 1.29 is 19.4 Å². The van der Waals surface area contributed by atoms with Gasteiger partial charge in [-0.1, -0.05) is 6.92 Å². The number of carbonyl (C=O) groups excluding carboxylic acids is 1. The highest BCUT2D eigenvalue weighted by atomic mass is 16.5. The van der Waals surface area contributed by atoms with E-state index < -0.39 is 11.9 Å². The third-order valence-electron chi connectivity index (χ3n) is 2.95. The van der Waals surface area contributed by atoms with E-state index in [1.807, 2.05) is 13.0 Å². The maximum Gasteiger partial charge on any atom is 0.310 e. The molecule has 1 fully saturated rings. The largest absolute Gasteiger partial charge is 0.481 e. The molecule has 0 aliphatic carbocycles. The lowest BCUT2D eigenvalue weighted by Crippen LogP contribution is -2.47. The monoisotopic (exact) mass is 255 g/mol. The Balaban J connectivity index is 2.57. The van der Waals surface area contributed by atoms with Crippen LogP contribution in [-0.2, 0) is 14.3 Å². The lowest BCUT2D eigenvalue weighted by atomic mass is 10.0. The van der Waals surface area contributed by atoms with Gasteiger partial charge < -0.3 is 15.2 Å². The molecule has 0 bridgehead atoms. The Labute approximate surface area is 105 Å². The van der Waals surface area contributed by atoms with Crippen LogP contribution in [0.15, 0.2) is 0 Å². The van der Waals surface area contributed by atoms with E-state index in [1.165, 1.54) is 0 Å². The molecule has 7 nitrogen and oxygen atoms in total. The summed E-state index contributed by atoms with van der Waals surface area (Å²) in [4.78, 5) is 24.3. The van der Waals surface area contributed by atoms with Crippen LogP contribution in [0.2, 0.25) is 0 Å². The first-order chi connectivity index (χ1) is 8.60. The molecule has 2 N–H and O–H groups in total. The summed E-state index contributed by atoms with van der Waals surface area (Å²) in [6.45, 7) is 2.94. The highest BCUT2D eigenvalue weighted by molar-refractivity contribution is 5.78. The Hall–Kier alpha value is -1.65. The number of amides is 1. The maximum atomic E-state index is 11.5. The molecule has 2 unspecified atom stereocenters. The minimum atomic E-state index is -0.909. The third-order valence-corrected chi connectivity index (χ3v) is 2.95. The molecule has 1 aliphatic heterocycles. The Morgan fingerprint density at radius 3 is 2.83 bits per heavy atom. The Morgan fingerprint density at radius 2 is 2.28 bits per heavy atom. The second-order valence-corrected chi connectivity index (χ2v) is 4.05. The van der Waals surface area contributed by atoms with E-state index in [-0.39, 0.29) is 31.6 Å². The van der Waals surface area contributed by atoms with Crippen molar-refractivity contribution in [3.8, 4) is 6.07 Å². The van der Waals surface area contributed by atoms with Gasteiger partial charge in [-0.15, -0.1) is 0 Å². The zero-order chi connectivity index (χ0) is 13.5. The van der Waals surface area contributed by atoms with Gasteiger partial charge in [0.2, 0.25) is 5.91 Å². The molecule has 1 saturated heterocycles. The number of carboxylic acids is 1. The van der Waals surface area contributed by atoms with Gasteiger partial charge in [0, 0.05) is 6.04 Å². The van der Waals surface area contributed by atoms with Crippen LogP contribution < -0.4 is 5.32 Å². The van der Waals surface area contributed by atoms with Gasteiger partial charge in [0.25, 0.3) is 0 Å². The van der Waals surface area contributed by atoms with Crippen LogP contribution in [0.25, 0.3) is 0 Å². The average Bonchev–Trinajstić information content (AvgIpc) is 2.82. The highest BCUT2D eigenvalue weighted by Crippen LogP contribution is 2.19. The predicted octanol–water partition coefficient (Wildman–Crippen LogP) is -0.952. The minimum Gasteiger partial charge on any atom is -0.481 e. The number of hydrogen-bond acceptors (Lipinski definition) is 5. The molecule has 1 heterocycles. The van der Waals surface area contributed by atoms with Crippen molar-refractivity contribution in [3.63, 3.8) is 0 Å². The summed E-state index contributed by atoms with van der Waals surface area (Å²) >= 11 is 0. The second kappa shape index (κ2) is 6.93. The first-order valence-corrected chi connectivity index (χ1v) is 5.78.